The van der Waals surface area contributed by atoms with Crippen LogP contribution in [0.2, 0.25) is 4.34 Å². The van der Waals surface area contributed by atoms with Crippen LogP contribution in [0, 0.1) is 6.92 Å². The van der Waals surface area contributed by atoms with Crippen LogP contribution in [0.25, 0.3) is 0 Å². The van der Waals surface area contributed by atoms with Crippen LogP contribution in [0.1, 0.15) is 22.0 Å². The fourth-order valence-electron chi connectivity index (χ4n) is 1.68. The van der Waals surface area contributed by atoms with Gasteiger partial charge in [0.25, 0.3) is 0 Å². The summed E-state index contributed by atoms with van der Waals surface area (Å²) in [7, 11) is 0. The lowest BCUT2D eigenvalue weighted by Gasteiger charge is -2.15. The Balaban J connectivity index is 2.36. The average molecular weight is 253 g/mol. The van der Waals surface area contributed by atoms with Gasteiger partial charge in [0.2, 0.25) is 0 Å². The van der Waals surface area contributed by atoms with Gasteiger partial charge in [-0.2, -0.15) is 0 Å². The zero-order valence-corrected chi connectivity index (χ0v) is 10.5. The molecule has 0 radical (unpaired) electrons. The van der Waals surface area contributed by atoms with E-state index in [9.17, 15) is 0 Å². The van der Waals surface area contributed by atoms with Crippen molar-refractivity contribution in [2.45, 2.75) is 13.0 Å². The van der Waals surface area contributed by atoms with Gasteiger partial charge in [0.15, 0.2) is 0 Å². The van der Waals surface area contributed by atoms with Crippen LogP contribution in [0.4, 0.5) is 0 Å². The molecule has 0 aliphatic rings. The van der Waals surface area contributed by atoms with Crippen LogP contribution in [-0.4, -0.2) is 0 Å². The first-order valence-corrected chi connectivity index (χ1v) is 6.18. The van der Waals surface area contributed by atoms with Crippen molar-refractivity contribution >= 4 is 22.9 Å². The Hall–Kier alpha value is -0.870. The number of rotatable bonds is 3. The fourth-order valence-corrected chi connectivity index (χ4v) is 2.83. The lowest BCUT2D eigenvalue weighted by molar-refractivity contribution is 0.646. The number of hydrazine groups is 1. The maximum atomic E-state index is 5.93. The molecule has 0 saturated carbocycles. The van der Waals surface area contributed by atoms with Crippen LogP contribution in [0.5, 0.6) is 0 Å². The normalized spacial score (nSPS) is 12.7. The number of nitrogens with one attached hydrogen (secondary N) is 1. The van der Waals surface area contributed by atoms with E-state index in [1.807, 2.05) is 18.2 Å². The summed E-state index contributed by atoms with van der Waals surface area (Å²) in [6.45, 7) is 2.07. The molecular weight excluding hydrogens is 240 g/mol. The standard InChI is InChI=1S/C12H13ClN2S/c1-8-3-2-4-9(7-8)12(15-14)10-5-6-11(13)16-10/h2-7,12,15H,14H2,1H3. The molecule has 1 atom stereocenters. The maximum Gasteiger partial charge on any atom is 0.0931 e. The first-order valence-electron chi connectivity index (χ1n) is 4.98. The third-order valence-electron chi connectivity index (χ3n) is 2.42. The Labute approximate surface area is 104 Å². The highest BCUT2D eigenvalue weighted by molar-refractivity contribution is 7.16. The van der Waals surface area contributed by atoms with Gasteiger partial charge in [-0.3, -0.25) is 5.84 Å². The molecule has 0 amide bonds. The predicted octanol–water partition coefficient (Wildman–Crippen LogP) is 3.26. The van der Waals surface area contributed by atoms with E-state index >= 15 is 0 Å². The Morgan fingerprint density at radius 1 is 1.31 bits per heavy atom. The van der Waals surface area contributed by atoms with Crippen LogP contribution >= 0.6 is 22.9 Å². The van der Waals surface area contributed by atoms with E-state index in [2.05, 4.69) is 30.5 Å². The first-order chi connectivity index (χ1) is 7.70. The number of nitrogens with two attached hydrogens (primary N) is 1. The largest absolute Gasteiger partial charge is 0.271 e. The van der Waals surface area contributed by atoms with Crippen LogP contribution in [0.3, 0.4) is 0 Å². The molecule has 2 nitrogen and oxygen atoms in total. The third-order valence-corrected chi connectivity index (χ3v) is 3.72. The SMILES string of the molecule is Cc1cccc(C(NN)c2ccc(Cl)s2)c1. The van der Waals surface area contributed by atoms with Gasteiger partial charge in [-0.05, 0) is 24.6 Å². The van der Waals surface area contributed by atoms with E-state index in [-0.39, 0.29) is 6.04 Å². The van der Waals surface area contributed by atoms with Crippen molar-refractivity contribution in [1.82, 2.24) is 5.43 Å². The van der Waals surface area contributed by atoms with E-state index in [4.69, 9.17) is 17.4 Å². The van der Waals surface area contributed by atoms with Gasteiger partial charge < -0.3 is 0 Å². The molecule has 16 heavy (non-hydrogen) atoms. The van der Waals surface area contributed by atoms with E-state index in [0.717, 1.165) is 14.8 Å². The monoisotopic (exact) mass is 252 g/mol. The number of thiophene rings is 1. The van der Waals surface area contributed by atoms with Gasteiger partial charge in [0, 0.05) is 4.88 Å². The number of aryl methyl sites for hydroxylation is 1. The second-order valence-corrected chi connectivity index (χ2v) is 5.40. The van der Waals surface area contributed by atoms with E-state index in [0.29, 0.717) is 0 Å². The van der Waals surface area contributed by atoms with Crippen molar-refractivity contribution in [3.8, 4) is 0 Å². The lowest BCUT2D eigenvalue weighted by Crippen LogP contribution is -2.28. The Morgan fingerprint density at radius 2 is 2.12 bits per heavy atom. The Bertz CT molecular complexity index is 481. The highest BCUT2D eigenvalue weighted by Crippen LogP contribution is 2.30. The van der Waals surface area contributed by atoms with E-state index in [1.165, 1.54) is 5.56 Å². The zero-order chi connectivity index (χ0) is 11.5. The second-order valence-electron chi connectivity index (χ2n) is 3.66. The van der Waals surface area contributed by atoms with E-state index in [1.54, 1.807) is 11.3 Å². The number of hydrogen-bond acceptors (Lipinski definition) is 3. The molecule has 1 unspecified atom stereocenters. The summed E-state index contributed by atoms with van der Waals surface area (Å²) in [4.78, 5) is 1.12. The summed E-state index contributed by atoms with van der Waals surface area (Å²) in [5.74, 6) is 5.61. The second kappa shape index (κ2) is 4.97. The Kier molecular flexibility index (Phi) is 3.61. The molecule has 4 heteroatoms. The minimum absolute atomic E-state index is 0.0115. The lowest BCUT2D eigenvalue weighted by atomic mass is 10.0. The Morgan fingerprint density at radius 3 is 2.69 bits per heavy atom. The minimum atomic E-state index is 0.0115. The van der Waals surface area contributed by atoms with Crippen LogP contribution in [0.15, 0.2) is 36.4 Å². The minimum Gasteiger partial charge on any atom is -0.271 e. The third kappa shape index (κ3) is 2.44. The maximum absolute atomic E-state index is 5.93. The molecule has 1 heterocycles. The molecule has 1 aromatic heterocycles. The number of benzene rings is 1. The fraction of sp³-hybridized carbons (Fsp3) is 0.167. The number of hydrogen-bond donors (Lipinski definition) is 2. The van der Waals surface area contributed by atoms with Crippen LogP contribution < -0.4 is 11.3 Å². The number of halogens is 1. The summed E-state index contributed by atoms with van der Waals surface area (Å²) < 4.78 is 0.780. The molecule has 0 fully saturated rings. The molecule has 84 valence electrons. The highest BCUT2D eigenvalue weighted by Gasteiger charge is 2.14. The van der Waals surface area contributed by atoms with Gasteiger partial charge in [-0.15, -0.1) is 11.3 Å². The summed E-state index contributed by atoms with van der Waals surface area (Å²) in [5.41, 5.74) is 5.20. The van der Waals surface area contributed by atoms with Gasteiger partial charge in [-0.1, -0.05) is 41.4 Å². The molecule has 1 aromatic carbocycles. The molecule has 2 rings (SSSR count). The van der Waals surface area contributed by atoms with Gasteiger partial charge in [-0.25, -0.2) is 5.43 Å². The average Bonchev–Trinajstić information content (AvgIpc) is 2.66. The van der Waals surface area contributed by atoms with Gasteiger partial charge in [0.05, 0.1) is 10.4 Å². The molecule has 0 aliphatic carbocycles. The summed E-state index contributed by atoms with van der Waals surface area (Å²) in [6, 6.07) is 12.2. The summed E-state index contributed by atoms with van der Waals surface area (Å²) >= 11 is 7.47. The molecule has 0 bridgehead atoms. The van der Waals surface area contributed by atoms with Crippen molar-refractivity contribution in [3.05, 3.63) is 56.7 Å². The quantitative estimate of drug-likeness (QED) is 0.650. The molecule has 0 aliphatic heterocycles. The van der Waals surface area contributed by atoms with Gasteiger partial charge in [0.1, 0.15) is 0 Å². The first kappa shape index (κ1) is 11.6. The van der Waals surface area contributed by atoms with Crippen LogP contribution in [-0.2, 0) is 0 Å². The topological polar surface area (TPSA) is 38.0 Å². The van der Waals surface area contributed by atoms with Gasteiger partial charge >= 0.3 is 0 Å². The summed E-state index contributed by atoms with van der Waals surface area (Å²) in [6.07, 6.45) is 0. The molecule has 0 saturated heterocycles. The predicted molar refractivity (Wildman–Crippen MR) is 69.7 cm³/mol. The van der Waals surface area contributed by atoms with Crippen molar-refractivity contribution in [2.24, 2.45) is 5.84 Å². The smallest absolute Gasteiger partial charge is 0.0931 e. The molecular formula is C12H13ClN2S. The zero-order valence-electron chi connectivity index (χ0n) is 8.91. The molecule has 2 aromatic rings. The summed E-state index contributed by atoms with van der Waals surface area (Å²) in [5, 5.41) is 0. The van der Waals surface area contributed by atoms with Crippen molar-refractivity contribution < 1.29 is 0 Å². The molecule has 3 N–H and O–H groups in total. The van der Waals surface area contributed by atoms with Crippen molar-refractivity contribution in [3.63, 3.8) is 0 Å². The highest BCUT2D eigenvalue weighted by atomic mass is 35.5. The van der Waals surface area contributed by atoms with E-state index < -0.39 is 0 Å². The molecule has 0 spiro atoms. The van der Waals surface area contributed by atoms with Crippen molar-refractivity contribution in [2.75, 3.05) is 0 Å². The van der Waals surface area contributed by atoms with Crippen molar-refractivity contribution in [1.29, 1.82) is 0 Å².